The first-order chi connectivity index (χ1) is 17.4. The topological polar surface area (TPSA) is 110 Å². The molecule has 7 nitrogen and oxygen atoms in total. The molecule has 0 aromatic heterocycles. The van der Waals surface area contributed by atoms with E-state index in [-0.39, 0.29) is 12.1 Å². The van der Waals surface area contributed by atoms with Crippen molar-refractivity contribution < 1.29 is 19.6 Å². The Bertz CT molecular complexity index is 1240. The lowest BCUT2D eigenvalue weighted by Crippen LogP contribution is -2.52. The molecule has 0 aliphatic heterocycles. The molecule has 0 unspecified atom stereocenters. The van der Waals surface area contributed by atoms with Gasteiger partial charge >= 0.3 is 5.97 Å². The predicted octanol–water partition coefficient (Wildman–Crippen LogP) is 4.74. The average molecular weight is 481 g/mol. The molecule has 4 aromatic carbocycles. The summed E-state index contributed by atoms with van der Waals surface area (Å²) in [6.07, 6.45) is -0.0342. The van der Waals surface area contributed by atoms with E-state index in [1.54, 1.807) is 0 Å². The third-order valence-corrected chi connectivity index (χ3v) is 6.15. The van der Waals surface area contributed by atoms with Crippen molar-refractivity contribution in [2.45, 2.75) is 17.9 Å². The first-order valence-corrected chi connectivity index (χ1v) is 11.4. The summed E-state index contributed by atoms with van der Waals surface area (Å²) in [6.45, 7) is 0. The average Bonchev–Trinajstić information content (AvgIpc) is 2.91. The highest BCUT2D eigenvalue weighted by Gasteiger charge is 2.45. The van der Waals surface area contributed by atoms with Crippen LogP contribution in [0.2, 0.25) is 0 Å². The van der Waals surface area contributed by atoms with Gasteiger partial charge in [0.1, 0.15) is 11.5 Å². The lowest BCUT2D eigenvalue weighted by Gasteiger charge is -2.35. The number of benzene rings is 4. The van der Waals surface area contributed by atoms with E-state index in [0.717, 1.165) is 0 Å². The van der Waals surface area contributed by atoms with E-state index in [4.69, 9.17) is 0 Å². The summed E-state index contributed by atoms with van der Waals surface area (Å²) in [6, 6.07) is 32.1. The number of rotatable bonds is 9. The summed E-state index contributed by atoms with van der Waals surface area (Å²) in [7, 11) is 0. The molecule has 7 heteroatoms. The second-order valence-corrected chi connectivity index (χ2v) is 8.34. The van der Waals surface area contributed by atoms with Gasteiger partial charge in [-0.25, -0.2) is 4.79 Å². The number of hydrogen-bond donors (Lipinski definition) is 2. The molecule has 36 heavy (non-hydrogen) atoms. The summed E-state index contributed by atoms with van der Waals surface area (Å²) in [5.41, 5.74) is 1.23. The van der Waals surface area contributed by atoms with E-state index in [1.165, 1.54) is 24.3 Å². The van der Waals surface area contributed by atoms with Gasteiger partial charge in [-0.1, -0.05) is 103 Å². The number of aliphatic carboxylic acids is 1. The van der Waals surface area contributed by atoms with Crippen LogP contribution < -0.4 is 5.32 Å². The van der Waals surface area contributed by atoms with E-state index in [1.807, 2.05) is 91.0 Å². The van der Waals surface area contributed by atoms with Gasteiger partial charge in [0.05, 0.1) is 4.92 Å². The fraction of sp³-hybridized carbons (Fsp3) is 0.103. The molecule has 180 valence electrons. The minimum Gasteiger partial charge on any atom is -0.480 e. The second kappa shape index (κ2) is 10.7. The van der Waals surface area contributed by atoms with Gasteiger partial charge in [-0.2, -0.15) is 0 Å². The smallest absolute Gasteiger partial charge is 0.326 e. The second-order valence-electron chi connectivity index (χ2n) is 8.34. The van der Waals surface area contributed by atoms with Crippen molar-refractivity contribution in [3.8, 4) is 0 Å². The number of nitro benzene ring substituents is 1. The van der Waals surface area contributed by atoms with Crippen molar-refractivity contribution in [1.29, 1.82) is 0 Å². The number of nitrogens with zero attached hydrogens (tertiary/aromatic N) is 1. The van der Waals surface area contributed by atoms with E-state index >= 15 is 0 Å². The number of carboxylic acid groups (broad SMARTS) is 1. The largest absolute Gasteiger partial charge is 0.480 e. The number of nitro groups is 1. The number of nitrogens with one attached hydrogen (secondary N) is 1. The fourth-order valence-electron chi connectivity index (χ4n) is 4.41. The number of non-ortho nitro benzene ring substituents is 1. The first kappa shape index (κ1) is 24.3. The minimum atomic E-state index is -1.31. The van der Waals surface area contributed by atoms with Gasteiger partial charge in [-0.05, 0) is 22.3 Å². The van der Waals surface area contributed by atoms with Crippen molar-refractivity contribution in [1.82, 2.24) is 5.32 Å². The molecule has 4 rings (SSSR count). The van der Waals surface area contributed by atoms with Crippen molar-refractivity contribution >= 4 is 17.6 Å². The SMILES string of the molecule is O=C(O)[C@@H](Cc1ccc([N+](=O)[O-])cc1)NC(=O)C(c1ccccc1)(c1ccccc1)c1ccccc1. The van der Waals surface area contributed by atoms with Crippen LogP contribution >= 0.6 is 0 Å². The zero-order valence-corrected chi connectivity index (χ0v) is 19.3. The Morgan fingerprint density at radius 3 is 1.53 bits per heavy atom. The maximum Gasteiger partial charge on any atom is 0.326 e. The molecule has 0 aliphatic rings. The van der Waals surface area contributed by atoms with Crippen LogP contribution in [-0.4, -0.2) is 27.9 Å². The number of carboxylic acids is 1. The van der Waals surface area contributed by atoms with Crippen LogP contribution in [0.25, 0.3) is 0 Å². The molecule has 1 atom stereocenters. The Morgan fingerprint density at radius 1 is 0.750 bits per heavy atom. The Kier molecular flexibility index (Phi) is 7.20. The van der Waals surface area contributed by atoms with Gasteiger partial charge in [0.25, 0.3) is 5.69 Å². The molecular weight excluding hydrogens is 456 g/mol. The van der Waals surface area contributed by atoms with Crippen LogP contribution in [0.5, 0.6) is 0 Å². The highest BCUT2D eigenvalue weighted by molar-refractivity contribution is 5.98. The van der Waals surface area contributed by atoms with E-state index in [0.29, 0.717) is 22.3 Å². The summed E-state index contributed by atoms with van der Waals surface area (Å²) in [5, 5.41) is 23.7. The summed E-state index contributed by atoms with van der Waals surface area (Å²) < 4.78 is 0. The highest BCUT2D eigenvalue weighted by atomic mass is 16.6. The van der Waals surface area contributed by atoms with Gasteiger partial charge in [0, 0.05) is 18.6 Å². The lowest BCUT2D eigenvalue weighted by molar-refractivity contribution is -0.384. The van der Waals surface area contributed by atoms with Crippen molar-refractivity contribution in [3.63, 3.8) is 0 Å². The molecule has 0 saturated heterocycles. The summed E-state index contributed by atoms with van der Waals surface area (Å²) in [4.78, 5) is 36.9. The first-order valence-electron chi connectivity index (χ1n) is 11.4. The monoisotopic (exact) mass is 480 g/mol. The molecule has 0 aliphatic carbocycles. The normalized spacial score (nSPS) is 11.9. The van der Waals surface area contributed by atoms with Gasteiger partial charge in [0.2, 0.25) is 5.91 Å². The maximum atomic E-state index is 14.3. The highest BCUT2D eigenvalue weighted by Crippen LogP contribution is 2.39. The van der Waals surface area contributed by atoms with Crippen LogP contribution in [0.1, 0.15) is 22.3 Å². The zero-order chi connectivity index (χ0) is 25.5. The lowest BCUT2D eigenvalue weighted by atomic mass is 9.68. The van der Waals surface area contributed by atoms with Gasteiger partial charge in [-0.3, -0.25) is 14.9 Å². The van der Waals surface area contributed by atoms with Crippen LogP contribution in [0, 0.1) is 10.1 Å². The molecule has 0 bridgehead atoms. The van der Waals surface area contributed by atoms with Crippen LogP contribution in [-0.2, 0) is 21.4 Å². The standard InChI is InChI=1S/C29H24N2O5/c32-27(33)26(20-21-16-18-25(19-17-21)31(35)36)30-28(34)29(22-10-4-1-5-11-22,23-12-6-2-7-13-23)24-14-8-3-9-15-24/h1-19,26H,20H2,(H,30,34)(H,32,33)/t26-/m1/s1. The molecule has 0 fully saturated rings. The third kappa shape index (κ3) is 4.86. The molecular formula is C29H24N2O5. The fourth-order valence-corrected chi connectivity index (χ4v) is 4.41. The number of carbonyl (C=O) groups is 2. The summed E-state index contributed by atoms with van der Waals surface area (Å²) in [5.74, 6) is -1.69. The van der Waals surface area contributed by atoms with Crippen molar-refractivity contribution in [3.05, 3.63) is 148 Å². The van der Waals surface area contributed by atoms with Gasteiger partial charge in [0.15, 0.2) is 0 Å². The Balaban J connectivity index is 1.79. The molecule has 0 saturated carbocycles. The van der Waals surface area contributed by atoms with Gasteiger partial charge in [-0.15, -0.1) is 0 Å². The maximum absolute atomic E-state index is 14.3. The number of hydrogen-bond acceptors (Lipinski definition) is 4. The van der Waals surface area contributed by atoms with E-state index < -0.39 is 28.3 Å². The molecule has 2 N–H and O–H groups in total. The van der Waals surface area contributed by atoms with E-state index in [9.17, 15) is 24.8 Å². The Labute approximate surface area is 208 Å². The van der Waals surface area contributed by atoms with E-state index in [2.05, 4.69) is 5.32 Å². The quantitative estimate of drug-likeness (QED) is 0.204. The third-order valence-electron chi connectivity index (χ3n) is 6.15. The summed E-state index contributed by atoms with van der Waals surface area (Å²) >= 11 is 0. The molecule has 0 spiro atoms. The number of amides is 1. The van der Waals surface area contributed by atoms with Crippen LogP contribution in [0.15, 0.2) is 115 Å². The van der Waals surface area contributed by atoms with Crippen LogP contribution in [0.3, 0.4) is 0 Å². The Morgan fingerprint density at radius 2 is 1.17 bits per heavy atom. The zero-order valence-electron chi connectivity index (χ0n) is 19.3. The van der Waals surface area contributed by atoms with Gasteiger partial charge < -0.3 is 10.4 Å². The molecule has 0 heterocycles. The molecule has 1 amide bonds. The van der Waals surface area contributed by atoms with Crippen molar-refractivity contribution in [2.24, 2.45) is 0 Å². The Hall–Kier alpha value is -4.78. The predicted molar refractivity (Wildman–Crippen MR) is 136 cm³/mol. The van der Waals surface area contributed by atoms with Crippen molar-refractivity contribution in [2.75, 3.05) is 0 Å². The number of carbonyl (C=O) groups excluding carboxylic acids is 1. The molecule has 4 aromatic rings. The minimum absolute atomic E-state index is 0.0342. The van der Waals surface area contributed by atoms with Crippen LogP contribution in [0.4, 0.5) is 5.69 Å². The molecule has 0 radical (unpaired) electrons.